The molecule has 0 aromatic carbocycles. The zero-order valence-corrected chi connectivity index (χ0v) is 10.8. The monoisotopic (exact) mass is 238 g/mol. The number of nitrogens with one attached hydrogen (secondary N) is 1. The second-order valence-corrected chi connectivity index (χ2v) is 4.72. The topological polar surface area (TPSA) is 54.2 Å². The van der Waals surface area contributed by atoms with Crippen LogP contribution in [0.1, 0.15) is 31.5 Å². The fourth-order valence-corrected chi connectivity index (χ4v) is 2.25. The molecule has 0 spiro atoms. The van der Waals surface area contributed by atoms with Crippen molar-refractivity contribution in [1.29, 1.82) is 0 Å². The van der Waals surface area contributed by atoms with Gasteiger partial charge in [-0.25, -0.2) is 0 Å². The lowest BCUT2D eigenvalue weighted by molar-refractivity contribution is 0.325. The molecule has 0 amide bonds. The Morgan fingerprint density at radius 1 is 1.53 bits per heavy atom. The molecule has 1 aromatic heterocycles. The van der Waals surface area contributed by atoms with Gasteiger partial charge >= 0.3 is 0 Å². The van der Waals surface area contributed by atoms with Crippen molar-refractivity contribution in [3.05, 3.63) is 11.7 Å². The maximum absolute atomic E-state index is 4.96. The van der Waals surface area contributed by atoms with Crippen LogP contribution in [0, 0.1) is 6.92 Å². The van der Waals surface area contributed by atoms with Gasteiger partial charge in [0.15, 0.2) is 5.82 Å². The van der Waals surface area contributed by atoms with Crippen LogP contribution < -0.4 is 5.32 Å². The van der Waals surface area contributed by atoms with Gasteiger partial charge in [0.05, 0.1) is 0 Å². The average molecular weight is 238 g/mol. The summed E-state index contributed by atoms with van der Waals surface area (Å²) < 4.78 is 4.96. The summed E-state index contributed by atoms with van der Waals surface area (Å²) in [6, 6.07) is 0.668. The van der Waals surface area contributed by atoms with E-state index < -0.39 is 0 Å². The quantitative estimate of drug-likeness (QED) is 0.801. The first-order valence-electron chi connectivity index (χ1n) is 6.53. The van der Waals surface area contributed by atoms with Crippen molar-refractivity contribution in [1.82, 2.24) is 20.4 Å². The van der Waals surface area contributed by atoms with Crippen molar-refractivity contribution in [2.24, 2.45) is 0 Å². The van der Waals surface area contributed by atoms with E-state index in [0.717, 1.165) is 31.9 Å². The molecule has 1 aliphatic rings. The Labute approximate surface area is 103 Å². The maximum Gasteiger partial charge on any atom is 0.223 e. The van der Waals surface area contributed by atoms with E-state index in [9.17, 15) is 0 Å². The van der Waals surface area contributed by atoms with E-state index in [1.807, 2.05) is 6.92 Å². The summed E-state index contributed by atoms with van der Waals surface area (Å²) in [6.07, 6.45) is 3.35. The van der Waals surface area contributed by atoms with Crippen LogP contribution in [0.4, 0.5) is 0 Å². The van der Waals surface area contributed by atoms with Gasteiger partial charge in [-0.1, -0.05) is 12.1 Å². The molecule has 1 N–H and O–H groups in total. The summed E-state index contributed by atoms with van der Waals surface area (Å²) in [5, 5.41) is 7.49. The van der Waals surface area contributed by atoms with Gasteiger partial charge in [-0.15, -0.1) is 0 Å². The Morgan fingerprint density at radius 3 is 3.12 bits per heavy atom. The van der Waals surface area contributed by atoms with Gasteiger partial charge in [0.1, 0.15) is 0 Å². The number of nitrogens with zero attached hydrogens (tertiary/aromatic N) is 3. The van der Waals surface area contributed by atoms with Crippen LogP contribution in [0.2, 0.25) is 0 Å². The molecule has 0 radical (unpaired) electrons. The number of aryl methyl sites for hydroxylation is 1. The second kappa shape index (κ2) is 6.12. The molecule has 0 bridgehead atoms. The summed E-state index contributed by atoms with van der Waals surface area (Å²) in [5.41, 5.74) is 0. The molecule has 17 heavy (non-hydrogen) atoms. The summed E-state index contributed by atoms with van der Waals surface area (Å²) in [7, 11) is 0. The molecule has 1 fully saturated rings. The van der Waals surface area contributed by atoms with E-state index in [0.29, 0.717) is 11.9 Å². The Hall–Kier alpha value is -0.940. The molecular formula is C12H22N4O. The SMILES string of the molecule is CCCNC1CCN(CCc2noc(C)n2)C1. The van der Waals surface area contributed by atoms with Crippen molar-refractivity contribution in [3.8, 4) is 0 Å². The molecule has 96 valence electrons. The van der Waals surface area contributed by atoms with Gasteiger partial charge in [-0.05, 0) is 25.9 Å². The van der Waals surface area contributed by atoms with Crippen molar-refractivity contribution in [3.63, 3.8) is 0 Å². The molecule has 1 aromatic rings. The molecule has 1 aliphatic heterocycles. The van der Waals surface area contributed by atoms with Crippen LogP contribution >= 0.6 is 0 Å². The fourth-order valence-electron chi connectivity index (χ4n) is 2.25. The Balaban J connectivity index is 1.67. The predicted molar refractivity (Wildman–Crippen MR) is 65.9 cm³/mol. The molecule has 5 heteroatoms. The third-order valence-corrected chi connectivity index (χ3v) is 3.18. The first kappa shape index (κ1) is 12.5. The zero-order chi connectivity index (χ0) is 12.1. The Morgan fingerprint density at radius 2 is 2.41 bits per heavy atom. The Bertz CT molecular complexity index is 339. The van der Waals surface area contributed by atoms with Crippen LogP contribution in [0.5, 0.6) is 0 Å². The summed E-state index contributed by atoms with van der Waals surface area (Å²) in [5.74, 6) is 1.48. The highest BCUT2D eigenvalue weighted by atomic mass is 16.5. The highest BCUT2D eigenvalue weighted by Gasteiger charge is 2.21. The third-order valence-electron chi connectivity index (χ3n) is 3.18. The van der Waals surface area contributed by atoms with Crippen LogP contribution in [-0.2, 0) is 6.42 Å². The van der Waals surface area contributed by atoms with Gasteiger partial charge in [0.25, 0.3) is 0 Å². The largest absolute Gasteiger partial charge is 0.340 e. The minimum atomic E-state index is 0.656. The molecule has 1 atom stereocenters. The minimum absolute atomic E-state index is 0.656. The normalized spacial score (nSPS) is 21.2. The maximum atomic E-state index is 4.96. The van der Waals surface area contributed by atoms with Gasteiger partial charge < -0.3 is 14.7 Å². The summed E-state index contributed by atoms with van der Waals surface area (Å²) in [6.45, 7) is 8.52. The lowest BCUT2D eigenvalue weighted by Crippen LogP contribution is -2.33. The highest BCUT2D eigenvalue weighted by molar-refractivity contribution is 4.87. The number of hydrogen-bond donors (Lipinski definition) is 1. The van der Waals surface area contributed by atoms with E-state index in [2.05, 4.69) is 27.3 Å². The van der Waals surface area contributed by atoms with Crippen LogP contribution in [0.25, 0.3) is 0 Å². The van der Waals surface area contributed by atoms with Crippen molar-refractivity contribution in [2.45, 2.75) is 39.2 Å². The molecule has 0 saturated carbocycles. The molecule has 2 heterocycles. The van der Waals surface area contributed by atoms with Crippen LogP contribution in [-0.4, -0.2) is 47.3 Å². The molecule has 1 unspecified atom stereocenters. The summed E-state index contributed by atoms with van der Waals surface area (Å²) >= 11 is 0. The second-order valence-electron chi connectivity index (χ2n) is 4.72. The van der Waals surface area contributed by atoms with Gasteiger partial charge in [-0.3, -0.25) is 0 Å². The minimum Gasteiger partial charge on any atom is -0.340 e. The smallest absolute Gasteiger partial charge is 0.223 e. The zero-order valence-electron chi connectivity index (χ0n) is 10.8. The molecule has 0 aliphatic carbocycles. The lowest BCUT2D eigenvalue weighted by Gasteiger charge is -2.15. The molecule has 2 rings (SSSR count). The average Bonchev–Trinajstić information content (AvgIpc) is 2.93. The number of likely N-dealkylation sites (tertiary alicyclic amines) is 1. The predicted octanol–water partition coefficient (Wildman–Crippen LogP) is 0.994. The van der Waals surface area contributed by atoms with Gasteiger partial charge in [-0.2, -0.15) is 4.98 Å². The molecule has 5 nitrogen and oxygen atoms in total. The van der Waals surface area contributed by atoms with Crippen LogP contribution in [0.15, 0.2) is 4.52 Å². The first-order valence-corrected chi connectivity index (χ1v) is 6.53. The fraction of sp³-hybridized carbons (Fsp3) is 0.833. The van der Waals surface area contributed by atoms with E-state index in [4.69, 9.17) is 4.52 Å². The van der Waals surface area contributed by atoms with E-state index in [-0.39, 0.29) is 0 Å². The lowest BCUT2D eigenvalue weighted by atomic mass is 10.2. The van der Waals surface area contributed by atoms with Gasteiger partial charge in [0.2, 0.25) is 5.89 Å². The van der Waals surface area contributed by atoms with Crippen molar-refractivity contribution < 1.29 is 4.52 Å². The standard InChI is InChI=1S/C12H22N4O/c1-3-6-13-11-4-7-16(9-11)8-5-12-14-10(2)17-15-12/h11,13H,3-9H2,1-2H3. The van der Waals surface area contributed by atoms with E-state index in [1.165, 1.54) is 19.4 Å². The Kier molecular flexibility index (Phi) is 4.50. The van der Waals surface area contributed by atoms with Crippen LogP contribution in [0.3, 0.4) is 0 Å². The number of hydrogen-bond acceptors (Lipinski definition) is 5. The highest BCUT2D eigenvalue weighted by Crippen LogP contribution is 2.09. The molecular weight excluding hydrogens is 216 g/mol. The third kappa shape index (κ3) is 3.78. The van der Waals surface area contributed by atoms with E-state index in [1.54, 1.807) is 0 Å². The summed E-state index contributed by atoms with van der Waals surface area (Å²) in [4.78, 5) is 6.69. The van der Waals surface area contributed by atoms with Gasteiger partial charge in [0, 0.05) is 32.5 Å². The van der Waals surface area contributed by atoms with Crippen molar-refractivity contribution in [2.75, 3.05) is 26.2 Å². The molecule has 1 saturated heterocycles. The number of rotatable bonds is 6. The first-order chi connectivity index (χ1) is 8.28. The number of aromatic nitrogens is 2. The van der Waals surface area contributed by atoms with E-state index >= 15 is 0 Å². The van der Waals surface area contributed by atoms with Crippen molar-refractivity contribution >= 4 is 0 Å².